The van der Waals surface area contributed by atoms with Crippen LogP contribution in [-0.2, 0) is 10.0 Å². The fraction of sp³-hybridized carbons (Fsp3) is 0.286. The van der Waals surface area contributed by atoms with Crippen molar-refractivity contribution in [1.29, 1.82) is 0 Å². The van der Waals surface area contributed by atoms with Crippen LogP contribution in [0.2, 0.25) is 0 Å². The molecule has 0 aliphatic carbocycles. The maximum absolute atomic E-state index is 12.9. The second-order valence-electron chi connectivity index (χ2n) is 5.40. The maximum atomic E-state index is 12.9. The van der Waals surface area contributed by atoms with Gasteiger partial charge in [-0.2, -0.15) is 24.7 Å². The van der Waals surface area contributed by atoms with E-state index in [9.17, 15) is 8.42 Å². The van der Waals surface area contributed by atoms with Crippen molar-refractivity contribution in [3.63, 3.8) is 0 Å². The third-order valence-electron chi connectivity index (χ3n) is 3.92. The quantitative estimate of drug-likeness (QED) is 0.758. The second kappa shape index (κ2) is 5.80. The van der Waals surface area contributed by atoms with Gasteiger partial charge in [0.05, 0.1) is 11.1 Å². The van der Waals surface area contributed by atoms with E-state index in [1.165, 1.54) is 10.5 Å². The van der Waals surface area contributed by atoms with Gasteiger partial charge in [-0.25, -0.2) is 8.42 Å². The van der Waals surface area contributed by atoms with E-state index in [0.717, 1.165) is 6.42 Å². The molecule has 1 saturated heterocycles. The average Bonchev–Trinajstić information content (AvgIpc) is 3.34. The van der Waals surface area contributed by atoms with Crippen molar-refractivity contribution in [2.75, 3.05) is 6.54 Å². The predicted molar refractivity (Wildman–Crippen MR) is 82.0 cm³/mol. The number of benzene rings is 1. The maximum Gasteiger partial charge on any atom is 0.245 e. The van der Waals surface area contributed by atoms with E-state index in [1.807, 2.05) is 0 Å². The highest BCUT2D eigenvalue weighted by molar-refractivity contribution is 7.89. The number of hydrogen-bond donors (Lipinski definition) is 1. The Hall–Kier alpha value is -2.59. The van der Waals surface area contributed by atoms with E-state index in [2.05, 4.69) is 25.6 Å². The van der Waals surface area contributed by atoms with Crippen molar-refractivity contribution in [2.45, 2.75) is 23.8 Å². The molecule has 1 aliphatic rings. The molecule has 1 atom stereocenters. The third kappa shape index (κ3) is 2.49. The first-order valence-corrected chi connectivity index (χ1v) is 8.87. The summed E-state index contributed by atoms with van der Waals surface area (Å²) in [6.45, 7) is 0.420. The van der Waals surface area contributed by atoms with Gasteiger partial charge in [0.1, 0.15) is 6.04 Å². The topological polar surface area (TPSA) is 118 Å². The molecule has 9 nitrogen and oxygen atoms in total. The molecule has 0 unspecified atom stereocenters. The van der Waals surface area contributed by atoms with E-state index >= 15 is 0 Å². The second-order valence-corrected chi connectivity index (χ2v) is 7.29. The number of hydrogen-bond acceptors (Lipinski definition) is 7. The smallest absolute Gasteiger partial charge is 0.245 e. The number of rotatable bonds is 4. The van der Waals surface area contributed by atoms with Gasteiger partial charge in [-0.05, 0) is 25.0 Å². The van der Waals surface area contributed by atoms with Crippen LogP contribution in [0.3, 0.4) is 0 Å². The number of aromatic amines is 1. The van der Waals surface area contributed by atoms with Gasteiger partial charge in [-0.3, -0.25) is 0 Å². The van der Waals surface area contributed by atoms with Crippen LogP contribution in [0, 0.1) is 0 Å². The lowest BCUT2D eigenvalue weighted by atomic mass is 10.2. The molecule has 0 saturated carbocycles. The molecule has 124 valence electrons. The molecular weight excluding hydrogens is 332 g/mol. The summed E-state index contributed by atoms with van der Waals surface area (Å²) in [5, 5.41) is 13.9. The van der Waals surface area contributed by atoms with Crippen molar-refractivity contribution in [3.05, 3.63) is 42.4 Å². The van der Waals surface area contributed by atoms with E-state index < -0.39 is 16.1 Å². The Morgan fingerprint density at radius 2 is 2.08 bits per heavy atom. The Bertz CT molecular complexity index is 923. The number of nitrogens with one attached hydrogen (secondary N) is 1. The Kier molecular flexibility index (Phi) is 3.62. The molecule has 1 N–H and O–H groups in total. The lowest BCUT2D eigenvalue weighted by Gasteiger charge is -2.21. The highest BCUT2D eigenvalue weighted by Crippen LogP contribution is 2.36. The van der Waals surface area contributed by atoms with Crippen LogP contribution in [0.25, 0.3) is 11.5 Å². The minimum Gasteiger partial charge on any atom is -0.337 e. The highest BCUT2D eigenvalue weighted by Gasteiger charge is 2.39. The van der Waals surface area contributed by atoms with Crippen LogP contribution in [0.5, 0.6) is 0 Å². The van der Waals surface area contributed by atoms with Crippen molar-refractivity contribution < 1.29 is 12.9 Å². The monoisotopic (exact) mass is 346 g/mol. The first-order chi connectivity index (χ1) is 11.7. The molecule has 24 heavy (non-hydrogen) atoms. The minimum absolute atomic E-state index is 0.258. The summed E-state index contributed by atoms with van der Waals surface area (Å²) in [4.78, 5) is 4.54. The molecule has 1 aromatic carbocycles. The van der Waals surface area contributed by atoms with Gasteiger partial charge >= 0.3 is 0 Å². The van der Waals surface area contributed by atoms with Crippen molar-refractivity contribution in [2.24, 2.45) is 0 Å². The molecule has 1 aliphatic heterocycles. The molecule has 0 spiro atoms. The summed E-state index contributed by atoms with van der Waals surface area (Å²) in [5.74, 6) is 0.549. The van der Waals surface area contributed by atoms with Gasteiger partial charge in [-0.15, -0.1) is 0 Å². The Balaban J connectivity index is 1.66. The highest BCUT2D eigenvalue weighted by atomic mass is 32.2. The van der Waals surface area contributed by atoms with Crippen molar-refractivity contribution in [3.8, 4) is 11.5 Å². The SMILES string of the molecule is O=S(=O)(c1ccccc1)N1CCC[C@@H]1c1nc(-c2cn[nH]n2)no1. The lowest BCUT2D eigenvalue weighted by Crippen LogP contribution is -2.30. The lowest BCUT2D eigenvalue weighted by molar-refractivity contribution is 0.290. The van der Waals surface area contributed by atoms with Crippen LogP contribution in [0.15, 0.2) is 45.9 Å². The van der Waals surface area contributed by atoms with Crippen LogP contribution < -0.4 is 0 Å². The van der Waals surface area contributed by atoms with E-state index in [-0.39, 0.29) is 16.6 Å². The number of aromatic nitrogens is 5. The van der Waals surface area contributed by atoms with E-state index in [1.54, 1.807) is 30.3 Å². The first-order valence-electron chi connectivity index (χ1n) is 7.43. The van der Waals surface area contributed by atoms with Gasteiger partial charge in [0.2, 0.25) is 21.7 Å². The summed E-state index contributed by atoms with van der Waals surface area (Å²) in [7, 11) is -3.61. The van der Waals surface area contributed by atoms with Gasteiger partial charge < -0.3 is 4.52 Å². The Morgan fingerprint density at radius 3 is 2.83 bits per heavy atom. The first kappa shape index (κ1) is 15.0. The zero-order valence-corrected chi connectivity index (χ0v) is 13.3. The molecule has 0 radical (unpaired) electrons. The summed E-state index contributed by atoms with van der Waals surface area (Å²) in [6, 6.07) is 7.88. The minimum atomic E-state index is -3.61. The molecule has 0 bridgehead atoms. The van der Waals surface area contributed by atoms with Crippen LogP contribution >= 0.6 is 0 Å². The molecular formula is C14H14N6O3S. The van der Waals surface area contributed by atoms with Gasteiger partial charge in [0.15, 0.2) is 5.69 Å². The number of sulfonamides is 1. The molecule has 10 heteroatoms. The number of nitrogens with zero attached hydrogens (tertiary/aromatic N) is 5. The largest absolute Gasteiger partial charge is 0.337 e. The van der Waals surface area contributed by atoms with Crippen LogP contribution in [-0.4, -0.2) is 44.8 Å². The third-order valence-corrected chi connectivity index (χ3v) is 5.85. The zero-order valence-electron chi connectivity index (χ0n) is 12.5. The molecule has 2 aromatic heterocycles. The normalized spacial score (nSPS) is 18.9. The van der Waals surface area contributed by atoms with Crippen LogP contribution in [0.1, 0.15) is 24.8 Å². The average molecular weight is 346 g/mol. The standard InChI is InChI=1S/C14H14N6O3S/c21-24(22,10-5-2-1-3-6-10)20-8-4-7-12(20)14-16-13(18-23-14)11-9-15-19-17-11/h1-3,5-6,9,12H,4,7-8H2,(H,15,17,19)/t12-/m1/s1. The summed E-state index contributed by atoms with van der Waals surface area (Å²) < 4.78 is 32.4. The van der Waals surface area contributed by atoms with E-state index in [4.69, 9.17) is 4.52 Å². The Morgan fingerprint density at radius 1 is 1.25 bits per heavy atom. The van der Waals surface area contributed by atoms with Gasteiger partial charge in [0.25, 0.3) is 0 Å². The summed E-state index contributed by atoms with van der Waals surface area (Å²) in [5.41, 5.74) is 0.445. The van der Waals surface area contributed by atoms with Crippen molar-refractivity contribution >= 4 is 10.0 Å². The molecule has 0 amide bonds. The van der Waals surface area contributed by atoms with Gasteiger partial charge in [0, 0.05) is 6.54 Å². The Labute approximate surface area is 137 Å². The molecule has 3 heterocycles. The summed E-state index contributed by atoms with van der Waals surface area (Å²) >= 11 is 0. The predicted octanol–water partition coefficient (Wildman–Crippen LogP) is 1.38. The van der Waals surface area contributed by atoms with Gasteiger partial charge in [-0.1, -0.05) is 23.4 Å². The zero-order chi connectivity index (χ0) is 16.6. The fourth-order valence-corrected chi connectivity index (χ4v) is 4.46. The molecule has 3 aromatic rings. The molecule has 4 rings (SSSR count). The number of H-pyrrole nitrogens is 1. The summed E-state index contributed by atoms with van der Waals surface area (Å²) in [6.07, 6.45) is 2.84. The fourth-order valence-electron chi connectivity index (χ4n) is 2.79. The van der Waals surface area contributed by atoms with Crippen molar-refractivity contribution in [1.82, 2.24) is 29.9 Å². The molecule has 1 fully saturated rings. The van der Waals surface area contributed by atoms with E-state index in [0.29, 0.717) is 18.7 Å². The van der Waals surface area contributed by atoms with Crippen LogP contribution in [0.4, 0.5) is 0 Å².